The number of aryl methyl sites for hydroxylation is 1. The summed E-state index contributed by atoms with van der Waals surface area (Å²) in [4.78, 5) is 18.1. The molecule has 4 heteroatoms. The molecule has 1 heterocycles. The second kappa shape index (κ2) is 4.92. The number of carbonyl (C=O) groups is 1. The van der Waals surface area contributed by atoms with E-state index in [9.17, 15) is 4.79 Å². The molecule has 1 aromatic carbocycles. The lowest BCUT2D eigenvalue weighted by Gasteiger charge is -2.20. The number of carbonyl (C=O) groups excluding carboxylic acids is 1. The number of hydrogen-bond acceptors (Lipinski definition) is 3. The first kappa shape index (κ1) is 12.2. The van der Waals surface area contributed by atoms with Gasteiger partial charge in [-0.15, -0.1) is 0 Å². The Morgan fingerprint density at radius 3 is 2.71 bits per heavy atom. The van der Waals surface area contributed by atoms with Crippen molar-refractivity contribution in [1.82, 2.24) is 4.90 Å². The zero-order valence-corrected chi connectivity index (χ0v) is 11.1. The third kappa shape index (κ3) is 2.52. The average Bonchev–Trinajstić information content (AvgIpc) is 2.63. The summed E-state index contributed by atoms with van der Waals surface area (Å²) in [7, 11) is 0. The Labute approximate surface area is 106 Å². The Kier molecular flexibility index (Phi) is 3.52. The van der Waals surface area contributed by atoms with Gasteiger partial charge in [0.25, 0.3) is 0 Å². The molecule has 3 nitrogen and oxygen atoms in total. The molecular formula is C13H16N2OS. The fraction of sp³-hybridized carbons (Fsp3) is 0.385. The normalized spacial score (nSPS) is 18.5. The number of thioether (sulfide) groups is 1. The molecule has 1 aliphatic rings. The highest BCUT2D eigenvalue weighted by Crippen LogP contribution is 2.26. The number of benzene rings is 1. The van der Waals surface area contributed by atoms with Crippen molar-refractivity contribution in [3.05, 3.63) is 29.8 Å². The van der Waals surface area contributed by atoms with Gasteiger partial charge in [-0.2, -0.15) is 0 Å². The number of para-hydroxylation sites is 1. The topological polar surface area (TPSA) is 32.7 Å². The lowest BCUT2D eigenvalue weighted by Crippen LogP contribution is -2.35. The van der Waals surface area contributed by atoms with Crippen LogP contribution in [0.1, 0.15) is 19.4 Å². The minimum Gasteiger partial charge on any atom is -0.288 e. The molecule has 0 bridgehead atoms. The number of amidine groups is 1. The predicted molar refractivity (Wildman–Crippen MR) is 72.7 cm³/mol. The molecule has 1 saturated heterocycles. The van der Waals surface area contributed by atoms with Crippen molar-refractivity contribution in [2.75, 3.05) is 5.75 Å². The van der Waals surface area contributed by atoms with Crippen LogP contribution in [0.2, 0.25) is 0 Å². The van der Waals surface area contributed by atoms with Crippen molar-refractivity contribution in [3.8, 4) is 0 Å². The van der Waals surface area contributed by atoms with E-state index in [1.807, 2.05) is 45.0 Å². The molecule has 0 atom stereocenters. The van der Waals surface area contributed by atoms with Gasteiger partial charge in [-0.05, 0) is 32.4 Å². The Balaban J connectivity index is 2.34. The summed E-state index contributed by atoms with van der Waals surface area (Å²) in [5.41, 5.74) is 2.07. The van der Waals surface area contributed by atoms with E-state index in [0.717, 1.165) is 16.4 Å². The van der Waals surface area contributed by atoms with E-state index in [1.165, 1.54) is 11.8 Å². The van der Waals surface area contributed by atoms with Crippen LogP contribution in [0.25, 0.3) is 0 Å². The second-order valence-electron chi connectivity index (χ2n) is 4.33. The fourth-order valence-electron chi connectivity index (χ4n) is 1.76. The minimum atomic E-state index is 0.150. The molecule has 0 saturated carbocycles. The van der Waals surface area contributed by atoms with Crippen LogP contribution in [0.15, 0.2) is 29.3 Å². The van der Waals surface area contributed by atoms with E-state index < -0.39 is 0 Å². The van der Waals surface area contributed by atoms with E-state index in [4.69, 9.17) is 0 Å². The number of rotatable bonds is 2. The van der Waals surface area contributed by atoms with Gasteiger partial charge in [0.05, 0.1) is 11.4 Å². The van der Waals surface area contributed by atoms with Crippen LogP contribution in [0.3, 0.4) is 0 Å². The van der Waals surface area contributed by atoms with Gasteiger partial charge >= 0.3 is 0 Å². The highest BCUT2D eigenvalue weighted by Gasteiger charge is 2.30. The number of nitrogens with zero attached hydrogens (tertiary/aromatic N) is 2. The molecule has 1 aliphatic heterocycles. The molecule has 17 heavy (non-hydrogen) atoms. The summed E-state index contributed by atoms with van der Waals surface area (Å²) >= 11 is 1.52. The maximum absolute atomic E-state index is 11.7. The van der Waals surface area contributed by atoms with E-state index >= 15 is 0 Å². The quantitative estimate of drug-likeness (QED) is 0.806. The lowest BCUT2D eigenvalue weighted by atomic mass is 10.2. The van der Waals surface area contributed by atoms with Gasteiger partial charge in [0.1, 0.15) is 0 Å². The summed E-state index contributed by atoms with van der Waals surface area (Å²) in [5.74, 6) is 0.653. The molecule has 0 radical (unpaired) electrons. The molecule has 0 aliphatic carbocycles. The summed E-state index contributed by atoms with van der Waals surface area (Å²) < 4.78 is 0. The van der Waals surface area contributed by atoms with E-state index in [1.54, 1.807) is 4.90 Å². The molecule has 1 aromatic rings. The maximum atomic E-state index is 11.7. The summed E-state index contributed by atoms with van der Waals surface area (Å²) in [6.45, 7) is 6.05. The van der Waals surface area contributed by atoms with Crippen molar-refractivity contribution in [3.63, 3.8) is 0 Å². The van der Waals surface area contributed by atoms with Gasteiger partial charge in [-0.25, -0.2) is 4.99 Å². The minimum absolute atomic E-state index is 0.150. The first-order valence-corrected chi connectivity index (χ1v) is 6.67. The molecule has 2 rings (SSSR count). The van der Waals surface area contributed by atoms with Crippen molar-refractivity contribution in [2.24, 2.45) is 4.99 Å². The standard InChI is InChI=1S/C13H16N2OS/c1-9(2)15-12(16)8-17-13(15)14-11-7-5-4-6-10(11)3/h4-7,9H,8H2,1-3H3. The van der Waals surface area contributed by atoms with Crippen molar-refractivity contribution in [1.29, 1.82) is 0 Å². The van der Waals surface area contributed by atoms with Gasteiger partial charge < -0.3 is 0 Å². The van der Waals surface area contributed by atoms with Gasteiger partial charge in [0.15, 0.2) is 5.17 Å². The van der Waals surface area contributed by atoms with E-state index in [-0.39, 0.29) is 11.9 Å². The Morgan fingerprint density at radius 1 is 1.35 bits per heavy atom. The van der Waals surface area contributed by atoms with Crippen molar-refractivity contribution >= 4 is 28.5 Å². The smallest absolute Gasteiger partial charge is 0.239 e. The largest absolute Gasteiger partial charge is 0.288 e. The monoisotopic (exact) mass is 248 g/mol. The van der Waals surface area contributed by atoms with Crippen LogP contribution in [0, 0.1) is 6.92 Å². The fourth-order valence-corrected chi connectivity index (χ4v) is 2.77. The van der Waals surface area contributed by atoms with Gasteiger partial charge in [-0.3, -0.25) is 9.69 Å². The third-order valence-electron chi connectivity index (χ3n) is 2.65. The maximum Gasteiger partial charge on any atom is 0.239 e. The number of amides is 1. The van der Waals surface area contributed by atoms with Crippen molar-refractivity contribution in [2.45, 2.75) is 26.8 Å². The molecule has 0 spiro atoms. The zero-order valence-electron chi connectivity index (χ0n) is 10.3. The summed E-state index contributed by atoms with van der Waals surface area (Å²) in [6, 6.07) is 8.13. The van der Waals surface area contributed by atoms with Crippen LogP contribution in [0.4, 0.5) is 5.69 Å². The average molecular weight is 248 g/mol. The van der Waals surface area contributed by atoms with Crippen LogP contribution in [0.5, 0.6) is 0 Å². The van der Waals surface area contributed by atoms with Crippen molar-refractivity contribution < 1.29 is 4.79 Å². The molecule has 0 unspecified atom stereocenters. The summed E-state index contributed by atoms with van der Waals surface area (Å²) in [6.07, 6.45) is 0. The Bertz CT molecular complexity index is 468. The molecular weight excluding hydrogens is 232 g/mol. The molecule has 1 fully saturated rings. The number of aliphatic imine (C=N–C) groups is 1. The number of hydrogen-bond donors (Lipinski definition) is 0. The molecule has 0 aromatic heterocycles. The summed E-state index contributed by atoms with van der Waals surface area (Å²) in [5, 5.41) is 0.819. The van der Waals surface area contributed by atoms with Crippen LogP contribution in [-0.2, 0) is 4.79 Å². The first-order valence-electron chi connectivity index (χ1n) is 5.69. The van der Waals surface area contributed by atoms with Crippen LogP contribution >= 0.6 is 11.8 Å². The Hall–Kier alpha value is -1.29. The van der Waals surface area contributed by atoms with Gasteiger partial charge in [0.2, 0.25) is 5.91 Å². The second-order valence-corrected chi connectivity index (χ2v) is 5.27. The lowest BCUT2D eigenvalue weighted by molar-refractivity contribution is -0.125. The van der Waals surface area contributed by atoms with E-state index in [0.29, 0.717) is 5.75 Å². The first-order chi connectivity index (χ1) is 8.09. The van der Waals surface area contributed by atoms with Gasteiger partial charge in [0, 0.05) is 6.04 Å². The predicted octanol–water partition coefficient (Wildman–Crippen LogP) is 2.97. The SMILES string of the molecule is Cc1ccccc1N=C1SCC(=O)N1C(C)C. The third-order valence-corrected chi connectivity index (χ3v) is 3.58. The highest BCUT2D eigenvalue weighted by atomic mass is 32.2. The van der Waals surface area contributed by atoms with Crippen LogP contribution < -0.4 is 0 Å². The van der Waals surface area contributed by atoms with Crippen LogP contribution in [-0.4, -0.2) is 27.8 Å². The molecule has 90 valence electrons. The van der Waals surface area contributed by atoms with E-state index in [2.05, 4.69) is 4.99 Å². The molecule has 1 amide bonds. The zero-order chi connectivity index (χ0) is 12.4. The molecule has 0 N–H and O–H groups in total. The Morgan fingerprint density at radius 2 is 2.06 bits per heavy atom. The highest BCUT2D eigenvalue weighted by molar-refractivity contribution is 8.15. The van der Waals surface area contributed by atoms with Gasteiger partial charge in [-0.1, -0.05) is 30.0 Å².